The molecule has 0 atom stereocenters. The minimum Gasteiger partial charge on any atom is -0.253 e. The van der Waals surface area contributed by atoms with Gasteiger partial charge in [-0.05, 0) is 13.3 Å². The van der Waals surface area contributed by atoms with E-state index in [0.29, 0.717) is 0 Å². The van der Waals surface area contributed by atoms with Gasteiger partial charge in [0.15, 0.2) is 0 Å². The fourth-order valence-corrected chi connectivity index (χ4v) is 0.654. The summed E-state index contributed by atoms with van der Waals surface area (Å²) in [5.41, 5.74) is 1.18. The molecule has 1 heterocycles. The van der Waals surface area contributed by atoms with Gasteiger partial charge < -0.3 is 0 Å². The molecule has 0 aliphatic heterocycles. The normalized spacial score (nSPS) is 9.70. The van der Waals surface area contributed by atoms with Crippen LogP contribution in [0.2, 0.25) is 0 Å². The zero-order valence-corrected chi connectivity index (χ0v) is 6.12. The molecular formula is C7H11N3. The summed E-state index contributed by atoms with van der Waals surface area (Å²) in [6.45, 7) is 6.69. The maximum absolute atomic E-state index is 3.95. The molecule has 0 aliphatic carbocycles. The van der Waals surface area contributed by atoms with Crippen LogP contribution >= 0.6 is 0 Å². The molecule has 0 radical (unpaired) electrons. The molecule has 1 rings (SSSR count). The Labute approximate surface area is 60.4 Å². The summed E-state index contributed by atoms with van der Waals surface area (Å²) in [6, 6.07) is 0. The molecule has 0 N–H and O–H groups in total. The first-order valence-electron chi connectivity index (χ1n) is 3.26. The van der Waals surface area contributed by atoms with Gasteiger partial charge in [0.05, 0.1) is 0 Å². The molecule has 3 heteroatoms. The van der Waals surface area contributed by atoms with Crippen molar-refractivity contribution in [1.29, 1.82) is 0 Å². The lowest BCUT2D eigenvalue weighted by Gasteiger charge is -1.97. The first-order chi connectivity index (χ1) is 4.79. The van der Waals surface area contributed by atoms with Gasteiger partial charge in [-0.2, -0.15) is 5.10 Å². The fourth-order valence-electron chi connectivity index (χ4n) is 0.654. The minimum absolute atomic E-state index is 0.884. The molecule has 0 saturated heterocycles. The monoisotopic (exact) mass is 137 g/mol. The van der Waals surface area contributed by atoms with Crippen LogP contribution in [0.3, 0.4) is 0 Å². The summed E-state index contributed by atoms with van der Waals surface area (Å²) in [7, 11) is 0. The van der Waals surface area contributed by atoms with E-state index >= 15 is 0 Å². The number of aryl methyl sites for hydroxylation is 1. The predicted molar refractivity (Wildman–Crippen MR) is 39.5 cm³/mol. The van der Waals surface area contributed by atoms with Crippen LogP contribution in [0.25, 0.3) is 0 Å². The Morgan fingerprint density at radius 3 is 3.00 bits per heavy atom. The van der Waals surface area contributed by atoms with Crippen molar-refractivity contribution in [2.24, 2.45) is 0 Å². The second-order valence-corrected chi connectivity index (χ2v) is 2.37. The first-order valence-corrected chi connectivity index (χ1v) is 3.26. The van der Waals surface area contributed by atoms with Crippen molar-refractivity contribution in [2.45, 2.75) is 19.9 Å². The third kappa shape index (κ3) is 2.01. The van der Waals surface area contributed by atoms with Crippen LogP contribution in [0.5, 0.6) is 0 Å². The van der Waals surface area contributed by atoms with Gasteiger partial charge in [-0.25, -0.2) is 4.98 Å². The molecule has 0 fully saturated rings. The Hall–Kier alpha value is -1.12. The molecule has 3 nitrogen and oxygen atoms in total. The number of rotatable bonds is 3. The maximum Gasteiger partial charge on any atom is 0.137 e. The highest BCUT2D eigenvalue weighted by molar-refractivity contribution is 4.87. The Morgan fingerprint density at radius 2 is 2.50 bits per heavy atom. The van der Waals surface area contributed by atoms with Gasteiger partial charge in [0.2, 0.25) is 0 Å². The van der Waals surface area contributed by atoms with E-state index in [0.717, 1.165) is 13.0 Å². The SMILES string of the molecule is C=C(C)CCn1cncn1. The van der Waals surface area contributed by atoms with Crippen LogP contribution in [0, 0.1) is 0 Å². The van der Waals surface area contributed by atoms with Crippen LogP contribution in [-0.2, 0) is 6.54 Å². The van der Waals surface area contributed by atoms with Crippen molar-refractivity contribution in [3.63, 3.8) is 0 Å². The summed E-state index contributed by atoms with van der Waals surface area (Å²) >= 11 is 0. The van der Waals surface area contributed by atoms with Crippen molar-refractivity contribution in [2.75, 3.05) is 0 Å². The van der Waals surface area contributed by atoms with Crippen molar-refractivity contribution in [1.82, 2.24) is 14.8 Å². The van der Waals surface area contributed by atoms with E-state index in [4.69, 9.17) is 0 Å². The molecule has 0 aliphatic rings. The third-order valence-corrected chi connectivity index (χ3v) is 1.23. The summed E-state index contributed by atoms with van der Waals surface area (Å²) in [5.74, 6) is 0. The van der Waals surface area contributed by atoms with Crippen LogP contribution in [0.1, 0.15) is 13.3 Å². The molecule has 0 amide bonds. The van der Waals surface area contributed by atoms with E-state index in [9.17, 15) is 0 Å². The molecule has 0 aromatic carbocycles. The highest BCUT2D eigenvalue weighted by Crippen LogP contribution is 1.96. The zero-order chi connectivity index (χ0) is 7.40. The second-order valence-electron chi connectivity index (χ2n) is 2.37. The van der Waals surface area contributed by atoms with Crippen molar-refractivity contribution in [3.8, 4) is 0 Å². The number of hydrogen-bond acceptors (Lipinski definition) is 2. The summed E-state index contributed by atoms with van der Waals surface area (Å²) in [6.07, 6.45) is 4.23. The Balaban J connectivity index is 2.35. The number of nitrogens with zero attached hydrogens (tertiary/aromatic N) is 3. The van der Waals surface area contributed by atoms with Gasteiger partial charge in [-0.15, -0.1) is 6.58 Å². The molecule has 0 spiro atoms. The van der Waals surface area contributed by atoms with Crippen molar-refractivity contribution >= 4 is 0 Å². The molecule has 10 heavy (non-hydrogen) atoms. The van der Waals surface area contributed by atoms with E-state index in [1.165, 1.54) is 5.57 Å². The summed E-state index contributed by atoms with van der Waals surface area (Å²) < 4.78 is 1.80. The molecule has 1 aromatic heterocycles. The van der Waals surface area contributed by atoms with Crippen LogP contribution in [0.15, 0.2) is 24.8 Å². The molecule has 0 unspecified atom stereocenters. The van der Waals surface area contributed by atoms with Gasteiger partial charge in [-0.1, -0.05) is 5.57 Å². The molecule has 0 bridgehead atoms. The van der Waals surface area contributed by atoms with Gasteiger partial charge in [0, 0.05) is 6.54 Å². The van der Waals surface area contributed by atoms with Crippen molar-refractivity contribution in [3.05, 3.63) is 24.8 Å². The average molecular weight is 137 g/mol. The number of hydrogen-bond donors (Lipinski definition) is 0. The fraction of sp³-hybridized carbons (Fsp3) is 0.429. The standard InChI is InChI=1S/C7H11N3/c1-7(2)3-4-10-6-8-5-9-10/h5-6H,1,3-4H2,2H3. The van der Waals surface area contributed by atoms with Gasteiger partial charge >= 0.3 is 0 Å². The quantitative estimate of drug-likeness (QED) is 0.587. The predicted octanol–water partition coefficient (Wildman–Crippen LogP) is 1.24. The largest absolute Gasteiger partial charge is 0.253 e. The lowest BCUT2D eigenvalue weighted by Crippen LogP contribution is -1.97. The third-order valence-electron chi connectivity index (χ3n) is 1.23. The Morgan fingerprint density at radius 1 is 1.70 bits per heavy atom. The molecular weight excluding hydrogens is 126 g/mol. The molecule has 54 valence electrons. The smallest absolute Gasteiger partial charge is 0.137 e. The van der Waals surface area contributed by atoms with Crippen LogP contribution < -0.4 is 0 Å². The van der Waals surface area contributed by atoms with Gasteiger partial charge in [-0.3, -0.25) is 4.68 Å². The second kappa shape index (κ2) is 3.15. The number of aromatic nitrogens is 3. The molecule has 0 saturated carbocycles. The lowest BCUT2D eigenvalue weighted by atomic mass is 10.2. The summed E-state index contributed by atoms with van der Waals surface area (Å²) in [4.78, 5) is 3.82. The minimum atomic E-state index is 0.884. The zero-order valence-electron chi connectivity index (χ0n) is 6.12. The van der Waals surface area contributed by atoms with Crippen molar-refractivity contribution < 1.29 is 0 Å². The van der Waals surface area contributed by atoms with E-state index in [1.54, 1.807) is 17.3 Å². The molecule has 1 aromatic rings. The Kier molecular flexibility index (Phi) is 2.20. The van der Waals surface area contributed by atoms with E-state index in [1.807, 2.05) is 6.92 Å². The Bertz CT molecular complexity index is 201. The average Bonchev–Trinajstić information content (AvgIpc) is 2.34. The first kappa shape index (κ1) is 6.99. The van der Waals surface area contributed by atoms with Gasteiger partial charge in [0.1, 0.15) is 12.7 Å². The number of allylic oxidation sites excluding steroid dienone is 1. The van der Waals surface area contributed by atoms with Gasteiger partial charge in [0.25, 0.3) is 0 Å². The lowest BCUT2D eigenvalue weighted by molar-refractivity contribution is 0.611. The van der Waals surface area contributed by atoms with Crippen LogP contribution in [0.4, 0.5) is 0 Å². The van der Waals surface area contributed by atoms with E-state index in [2.05, 4.69) is 16.7 Å². The maximum atomic E-state index is 3.95. The topological polar surface area (TPSA) is 30.7 Å². The highest BCUT2D eigenvalue weighted by atomic mass is 15.3. The summed E-state index contributed by atoms with van der Waals surface area (Å²) in [5, 5.41) is 3.95. The van der Waals surface area contributed by atoms with E-state index < -0.39 is 0 Å². The van der Waals surface area contributed by atoms with Crippen LogP contribution in [-0.4, -0.2) is 14.8 Å². The van der Waals surface area contributed by atoms with E-state index in [-0.39, 0.29) is 0 Å². The highest BCUT2D eigenvalue weighted by Gasteiger charge is 1.89.